The van der Waals surface area contributed by atoms with Crippen LogP contribution in [0.3, 0.4) is 0 Å². The molecule has 0 atom stereocenters. The molecule has 1 aromatic heterocycles. The fraction of sp³-hybridized carbons (Fsp3) is 0.700. The quantitative estimate of drug-likeness (QED) is 0.756. The van der Waals surface area contributed by atoms with Crippen molar-refractivity contribution < 1.29 is 14.3 Å². The summed E-state index contributed by atoms with van der Waals surface area (Å²) in [5.41, 5.74) is 0. The first kappa shape index (κ1) is 11.3. The molecular weight excluding hydrogens is 228 g/mol. The van der Waals surface area contributed by atoms with E-state index < -0.39 is 5.97 Å². The number of rotatable bonds is 4. The van der Waals surface area contributed by atoms with Gasteiger partial charge in [-0.1, -0.05) is 5.10 Å². The minimum absolute atomic E-state index is 0.239. The molecule has 5 nitrogen and oxygen atoms in total. The Morgan fingerprint density at radius 1 is 1.44 bits per heavy atom. The Bertz CT molecular complexity index is 361. The Balaban J connectivity index is 1.93. The highest BCUT2D eigenvalue weighted by Crippen LogP contribution is 2.26. The van der Waals surface area contributed by atoms with Crippen molar-refractivity contribution in [2.75, 3.05) is 6.61 Å². The van der Waals surface area contributed by atoms with Crippen molar-refractivity contribution in [3.05, 3.63) is 5.01 Å². The molecule has 1 aliphatic carbocycles. The molecule has 2 rings (SSSR count). The van der Waals surface area contributed by atoms with Crippen LogP contribution in [0.15, 0.2) is 0 Å². The van der Waals surface area contributed by atoms with Gasteiger partial charge >= 0.3 is 5.97 Å². The van der Waals surface area contributed by atoms with Gasteiger partial charge in [-0.3, -0.25) is 0 Å². The Morgan fingerprint density at radius 3 is 2.88 bits per heavy atom. The fourth-order valence-electron chi connectivity index (χ4n) is 1.68. The first-order chi connectivity index (χ1) is 7.79. The molecule has 0 aromatic carbocycles. The Kier molecular flexibility index (Phi) is 3.71. The number of carbonyl (C=O) groups is 1. The van der Waals surface area contributed by atoms with Crippen molar-refractivity contribution in [3.8, 4) is 5.19 Å². The van der Waals surface area contributed by atoms with Crippen LogP contribution in [0.1, 0.15) is 42.4 Å². The van der Waals surface area contributed by atoms with Crippen LogP contribution in [-0.4, -0.2) is 28.9 Å². The first-order valence-corrected chi connectivity index (χ1v) is 6.28. The van der Waals surface area contributed by atoms with Crippen molar-refractivity contribution in [1.82, 2.24) is 10.2 Å². The highest BCUT2D eigenvalue weighted by Gasteiger charge is 2.20. The third-order valence-corrected chi connectivity index (χ3v) is 3.22. The lowest BCUT2D eigenvalue weighted by Crippen LogP contribution is -2.10. The second kappa shape index (κ2) is 5.25. The summed E-state index contributed by atoms with van der Waals surface area (Å²) in [6.07, 6.45) is 4.77. The number of hydrogen-bond donors (Lipinski definition) is 0. The van der Waals surface area contributed by atoms with E-state index in [0.717, 1.165) is 24.2 Å². The van der Waals surface area contributed by atoms with E-state index >= 15 is 0 Å². The molecule has 0 saturated heterocycles. The monoisotopic (exact) mass is 242 g/mol. The molecule has 1 aliphatic rings. The van der Waals surface area contributed by atoms with Gasteiger partial charge in [-0.2, -0.15) is 0 Å². The smallest absolute Gasteiger partial charge is 0.369 e. The molecule has 0 unspecified atom stereocenters. The maximum absolute atomic E-state index is 11.3. The third kappa shape index (κ3) is 2.69. The van der Waals surface area contributed by atoms with Gasteiger partial charge in [0.05, 0.1) is 6.61 Å². The van der Waals surface area contributed by atoms with E-state index in [1.54, 1.807) is 6.92 Å². The highest BCUT2D eigenvalue weighted by molar-refractivity contribution is 7.14. The zero-order valence-electron chi connectivity index (χ0n) is 9.14. The predicted molar refractivity (Wildman–Crippen MR) is 58.7 cm³/mol. The molecule has 0 spiro atoms. The fourth-order valence-corrected chi connectivity index (χ4v) is 2.34. The number of esters is 1. The van der Waals surface area contributed by atoms with Crippen molar-refractivity contribution in [3.63, 3.8) is 0 Å². The van der Waals surface area contributed by atoms with Gasteiger partial charge in [0, 0.05) is 0 Å². The van der Waals surface area contributed by atoms with Crippen molar-refractivity contribution in [2.24, 2.45) is 0 Å². The van der Waals surface area contributed by atoms with E-state index in [1.807, 2.05) is 0 Å². The van der Waals surface area contributed by atoms with Gasteiger partial charge in [-0.15, -0.1) is 5.10 Å². The largest absolute Gasteiger partial charge is 0.466 e. The summed E-state index contributed by atoms with van der Waals surface area (Å²) in [6, 6.07) is 0. The van der Waals surface area contributed by atoms with Crippen molar-refractivity contribution in [2.45, 2.75) is 38.7 Å². The predicted octanol–water partition coefficient (Wildman–Crippen LogP) is 2.04. The molecule has 1 saturated carbocycles. The van der Waals surface area contributed by atoms with Crippen LogP contribution in [-0.2, 0) is 4.74 Å². The van der Waals surface area contributed by atoms with Crippen LogP contribution in [0.4, 0.5) is 0 Å². The van der Waals surface area contributed by atoms with Crippen LogP contribution >= 0.6 is 11.3 Å². The van der Waals surface area contributed by atoms with E-state index in [9.17, 15) is 4.79 Å². The molecule has 0 amide bonds. The minimum atomic E-state index is -0.429. The van der Waals surface area contributed by atoms with Gasteiger partial charge in [0.2, 0.25) is 5.01 Å². The van der Waals surface area contributed by atoms with E-state index in [1.165, 1.54) is 12.8 Å². The Labute approximate surface area is 97.8 Å². The molecule has 0 N–H and O–H groups in total. The maximum Gasteiger partial charge on any atom is 0.369 e. The number of hydrogen-bond acceptors (Lipinski definition) is 6. The van der Waals surface area contributed by atoms with E-state index in [-0.39, 0.29) is 11.1 Å². The molecule has 88 valence electrons. The molecule has 6 heteroatoms. The second-order valence-corrected chi connectivity index (χ2v) is 4.56. The number of carbonyl (C=O) groups excluding carboxylic acids is 1. The molecular formula is C10H14N2O3S. The average molecular weight is 242 g/mol. The molecule has 0 radical (unpaired) electrons. The Morgan fingerprint density at radius 2 is 2.19 bits per heavy atom. The summed E-state index contributed by atoms with van der Waals surface area (Å²) >= 11 is 1.15. The maximum atomic E-state index is 11.3. The van der Waals surface area contributed by atoms with E-state index in [0.29, 0.717) is 11.8 Å². The molecule has 0 bridgehead atoms. The summed E-state index contributed by atoms with van der Waals surface area (Å²) < 4.78 is 10.4. The third-order valence-electron chi connectivity index (χ3n) is 2.43. The van der Waals surface area contributed by atoms with Crippen LogP contribution < -0.4 is 4.74 Å². The van der Waals surface area contributed by atoms with Crippen LogP contribution in [0.2, 0.25) is 0 Å². The van der Waals surface area contributed by atoms with Crippen LogP contribution in [0.25, 0.3) is 0 Å². The first-order valence-electron chi connectivity index (χ1n) is 5.47. The molecule has 16 heavy (non-hydrogen) atoms. The molecule has 1 heterocycles. The highest BCUT2D eigenvalue weighted by atomic mass is 32.1. The lowest BCUT2D eigenvalue weighted by atomic mass is 10.3. The van der Waals surface area contributed by atoms with Gasteiger partial charge in [-0.05, 0) is 43.9 Å². The van der Waals surface area contributed by atoms with Gasteiger partial charge in [-0.25, -0.2) is 4.79 Å². The summed E-state index contributed by atoms with van der Waals surface area (Å²) in [7, 11) is 0. The molecule has 1 aromatic rings. The summed E-state index contributed by atoms with van der Waals surface area (Å²) in [4.78, 5) is 11.3. The minimum Gasteiger partial charge on any atom is -0.466 e. The topological polar surface area (TPSA) is 61.3 Å². The van der Waals surface area contributed by atoms with Gasteiger partial charge in [0.15, 0.2) is 0 Å². The normalized spacial score (nSPS) is 16.3. The Hall–Kier alpha value is -1.17. The van der Waals surface area contributed by atoms with Crippen molar-refractivity contribution >= 4 is 17.3 Å². The zero-order valence-corrected chi connectivity index (χ0v) is 9.96. The number of ether oxygens (including phenoxy) is 2. The van der Waals surface area contributed by atoms with Crippen molar-refractivity contribution in [1.29, 1.82) is 0 Å². The summed E-state index contributed by atoms with van der Waals surface area (Å²) in [5.74, 6) is -0.429. The van der Waals surface area contributed by atoms with Gasteiger partial charge < -0.3 is 9.47 Å². The SMILES string of the molecule is CCOC(=O)c1nnc(OC2CCCC2)s1. The van der Waals surface area contributed by atoms with Gasteiger partial charge in [0.1, 0.15) is 6.10 Å². The summed E-state index contributed by atoms with van der Waals surface area (Å²) in [5, 5.41) is 8.30. The number of aromatic nitrogens is 2. The lowest BCUT2D eigenvalue weighted by Gasteiger charge is -2.07. The van der Waals surface area contributed by atoms with Crippen LogP contribution in [0, 0.1) is 0 Å². The average Bonchev–Trinajstić information content (AvgIpc) is 2.90. The molecule has 1 fully saturated rings. The molecule has 0 aliphatic heterocycles. The zero-order chi connectivity index (χ0) is 11.4. The lowest BCUT2D eigenvalue weighted by molar-refractivity contribution is 0.0525. The van der Waals surface area contributed by atoms with E-state index in [2.05, 4.69) is 10.2 Å². The second-order valence-electron chi connectivity index (χ2n) is 3.62. The summed E-state index contributed by atoms with van der Waals surface area (Å²) in [6.45, 7) is 2.10. The van der Waals surface area contributed by atoms with Gasteiger partial charge in [0.25, 0.3) is 5.19 Å². The standard InChI is InChI=1S/C10H14N2O3S/c1-2-14-9(13)8-11-12-10(16-8)15-7-5-3-4-6-7/h7H,2-6H2,1H3. The van der Waals surface area contributed by atoms with Crippen LogP contribution in [0.5, 0.6) is 5.19 Å². The van der Waals surface area contributed by atoms with E-state index in [4.69, 9.17) is 9.47 Å². The number of nitrogens with zero attached hydrogens (tertiary/aromatic N) is 2.